The minimum absolute atomic E-state index is 0.818. The molecule has 0 aliphatic rings. The van der Waals surface area contributed by atoms with Crippen molar-refractivity contribution in [3.05, 3.63) is 46.8 Å². The van der Waals surface area contributed by atoms with Gasteiger partial charge in [0.2, 0.25) is 0 Å². The van der Waals surface area contributed by atoms with Gasteiger partial charge < -0.3 is 0 Å². The van der Waals surface area contributed by atoms with Gasteiger partial charge in [-0.3, -0.25) is 4.90 Å². The quantitative estimate of drug-likeness (QED) is 0.717. The first-order valence-corrected chi connectivity index (χ1v) is 6.60. The molecule has 92 valence electrons. The molecule has 5 nitrogen and oxygen atoms in total. The van der Waals surface area contributed by atoms with E-state index >= 15 is 0 Å². The number of hydrogen-bond acceptors (Lipinski definition) is 5. The molecule has 0 bridgehead atoms. The Labute approximate surface area is 109 Å². The highest BCUT2D eigenvalue weighted by Crippen LogP contribution is 2.11. The molecule has 3 aromatic rings. The highest BCUT2D eigenvalue weighted by Gasteiger charge is 2.08. The van der Waals surface area contributed by atoms with Crippen molar-refractivity contribution in [1.82, 2.24) is 24.5 Å². The molecule has 0 N–H and O–H groups in total. The smallest absolute Gasteiger partial charge is 0.159 e. The molecule has 3 rings (SSSR count). The normalized spacial score (nSPS) is 11.4. The molecule has 0 saturated heterocycles. The first-order valence-electron chi connectivity index (χ1n) is 5.66. The third-order valence-electron chi connectivity index (χ3n) is 2.71. The number of fused-ring (bicyclic) bond motifs is 1. The van der Waals surface area contributed by atoms with Crippen LogP contribution in [0, 0.1) is 0 Å². The molecule has 0 aromatic carbocycles. The van der Waals surface area contributed by atoms with Gasteiger partial charge in [-0.05, 0) is 13.1 Å². The summed E-state index contributed by atoms with van der Waals surface area (Å²) in [5.74, 6) is 0. The summed E-state index contributed by atoms with van der Waals surface area (Å²) < 4.78 is 1.80. The zero-order valence-corrected chi connectivity index (χ0v) is 10.8. The van der Waals surface area contributed by atoms with E-state index in [4.69, 9.17) is 0 Å². The Hall–Kier alpha value is -1.79. The second kappa shape index (κ2) is 4.83. The summed E-state index contributed by atoms with van der Waals surface area (Å²) in [4.78, 5) is 10.8. The largest absolute Gasteiger partial charge is 0.296 e. The van der Waals surface area contributed by atoms with E-state index < -0.39 is 0 Å². The zero-order valence-electron chi connectivity index (χ0n) is 10.0. The summed E-state index contributed by atoms with van der Waals surface area (Å²) >= 11 is 1.63. The fourth-order valence-electron chi connectivity index (χ4n) is 1.93. The fraction of sp³-hybridized carbons (Fsp3) is 0.250. The molecule has 0 aliphatic carbocycles. The summed E-state index contributed by atoms with van der Waals surface area (Å²) in [6, 6.07) is 1.88. The van der Waals surface area contributed by atoms with Gasteiger partial charge in [0.05, 0.1) is 17.4 Å². The average Bonchev–Trinajstić information content (AvgIpc) is 3.00. The van der Waals surface area contributed by atoms with Crippen molar-refractivity contribution in [3.63, 3.8) is 0 Å². The van der Waals surface area contributed by atoms with Gasteiger partial charge in [0.15, 0.2) is 5.65 Å². The second-order valence-corrected chi connectivity index (χ2v) is 4.93. The second-order valence-electron chi connectivity index (χ2n) is 4.21. The van der Waals surface area contributed by atoms with Crippen molar-refractivity contribution < 1.29 is 0 Å². The van der Waals surface area contributed by atoms with E-state index in [9.17, 15) is 0 Å². The molecular weight excluding hydrogens is 246 g/mol. The average molecular weight is 259 g/mol. The monoisotopic (exact) mass is 259 g/mol. The lowest BCUT2D eigenvalue weighted by Crippen LogP contribution is -2.17. The van der Waals surface area contributed by atoms with E-state index in [-0.39, 0.29) is 0 Å². The molecule has 0 spiro atoms. The standard InChI is InChI=1S/C12H13N5S/c1-16(7-11-8-18-9-14-11)6-10-5-15-17-4-2-3-13-12(10)17/h2-5,8-9H,6-7H2,1H3. The molecule has 0 aliphatic heterocycles. The summed E-state index contributed by atoms with van der Waals surface area (Å²) in [5, 5.41) is 6.36. The Morgan fingerprint density at radius 1 is 1.33 bits per heavy atom. The molecule has 3 aromatic heterocycles. The van der Waals surface area contributed by atoms with Gasteiger partial charge in [0.1, 0.15) is 0 Å². The van der Waals surface area contributed by atoms with Gasteiger partial charge in [-0.15, -0.1) is 11.3 Å². The lowest BCUT2D eigenvalue weighted by Gasteiger charge is -2.13. The Balaban J connectivity index is 1.76. The molecule has 0 amide bonds. The van der Waals surface area contributed by atoms with E-state index in [1.54, 1.807) is 22.0 Å². The van der Waals surface area contributed by atoms with Crippen molar-refractivity contribution >= 4 is 17.0 Å². The molecule has 3 heterocycles. The van der Waals surface area contributed by atoms with Crippen LogP contribution in [0.2, 0.25) is 0 Å². The number of hydrogen-bond donors (Lipinski definition) is 0. The van der Waals surface area contributed by atoms with Gasteiger partial charge in [0.25, 0.3) is 0 Å². The van der Waals surface area contributed by atoms with Crippen LogP contribution in [-0.4, -0.2) is 31.5 Å². The molecular formula is C12H13N5S. The maximum atomic E-state index is 4.35. The molecule has 0 saturated carbocycles. The van der Waals surface area contributed by atoms with Crippen LogP contribution >= 0.6 is 11.3 Å². The van der Waals surface area contributed by atoms with Crippen molar-refractivity contribution in [3.8, 4) is 0 Å². The SMILES string of the molecule is CN(Cc1cscn1)Cc1cnn2cccnc12. The van der Waals surface area contributed by atoms with Crippen LogP contribution in [0.1, 0.15) is 11.3 Å². The number of aromatic nitrogens is 4. The number of rotatable bonds is 4. The van der Waals surface area contributed by atoms with Crippen molar-refractivity contribution in [2.45, 2.75) is 13.1 Å². The zero-order chi connectivity index (χ0) is 12.4. The van der Waals surface area contributed by atoms with Crippen LogP contribution in [0.5, 0.6) is 0 Å². The molecule has 0 radical (unpaired) electrons. The van der Waals surface area contributed by atoms with Crippen LogP contribution < -0.4 is 0 Å². The minimum Gasteiger partial charge on any atom is -0.296 e. The van der Waals surface area contributed by atoms with E-state index in [0.717, 1.165) is 30.0 Å². The van der Waals surface area contributed by atoms with Crippen molar-refractivity contribution in [2.75, 3.05) is 7.05 Å². The molecule has 0 atom stereocenters. The topological polar surface area (TPSA) is 46.3 Å². The first kappa shape index (κ1) is 11.3. The molecule has 6 heteroatoms. The Morgan fingerprint density at radius 2 is 2.28 bits per heavy atom. The predicted molar refractivity (Wildman–Crippen MR) is 70.3 cm³/mol. The third kappa shape index (κ3) is 2.25. The van der Waals surface area contributed by atoms with Crippen LogP contribution in [0.4, 0.5) is 0 Å². The Morgan fingerprint density at radius 3 is 3.11 bits per heavy atom. The summed E-state index contributed by atoms with van der Waals surface area (Å²) in [5.41, 5.74) is 5.02. The summed E-state index contributed by atoms with van der Waals surface area (Å²) in [6.45, 7) is 1.66. The van der Waals surface area contributed by atoms with Crippen LogP contribution in [0.3, 0.4) is 0 Å². The van der Waals surface area contributed by atoms with Gasteiger partial charge >= 0.3 is 0 Å². The molecule has 0 unspecified atom stereocenters. The van der Waals surface area contributed by atoms with Crippen LogP contribution in [-0.2, 0) is 13.1 Å². The summed E-state index contributed by atoms with van der Waals surface area (Å²) in [7, 11) is 2.08. The Bertz CT molecular complexity index is 631. The minimum atomic E-state index is 0.818. The van der Waals surface area contributed by atoms with E-state index in [1.165, 1.54) is 0 Å². The van der Waals surface area contributed by atoms with Crippen molar-refractivity contribution in [2.24, 2.45) is 0 Å². The maximum Gasteiger partial charge on any atom is 0.159 e. The lowest BCUT2D eigenvalue weighted by atomic mass is 10.3. The van der Waals surface area contributed by atoms with Gasteiger partial charge in [-0.25, -0.2) is 14.5 Å². The van der Waals surface area contributed by atoms with Gasteiger partial charge in [-0.2, -0.15) is 5.10 Å². The van der Waals surface area contributed by atoms with E-state index in [2.05, 4.69) is 32.4 Å². The lowest BCUT2D eigenvalue weighted by molar-refractivity contribution is 0.316. The Kier molecular flexibility index (Phi) is 3.04. The third-order valence-corrected chi connectivity index (χ3v) is 3.34. The first-order chi connectivity index (χ1) is 8.83. The predicted octanol–water partition coefficient (Wildman–Crippen LogP) is 1.82. The molecule has 0 fully saturated rings. The van der Waals surface area contributed by atoms with Crippen molar-refractivity contribution in [1.29, 1.82) is 0 Å². The highest BCUT2D eigenvalue weighted by atomic mass is 32.1. The van der Waals surface area contributed by atoms with E-state index in [1.807, 2.05) is 24.0 Å². The van der Waals surface area contributed by atoms with Gasteiger partial charge in [-0.1, -0.05) is 0 Å². The van der Waals surface area contributed by atoms with Crippen LogP contribution in [0.25, 0.3) is 5.65 Å². The number of thiazole rings is 1. The van der Waals surface area contributed by atoms with Gasteiger partial charge in [0, 0.05) is 36.4 Å². The highest BCUT2D eigenvalue weighted by molar-refractivity contribution is 7.07. The van der Waals surface area contributed by atoms with E-state index in [0.29, 0.717) is 0 Å². The van der Waals surface area contributed by atoms with Crippen LogP contribution in [0.15, 0.2) is 35.5 Å². The maximum absolute atomic E-state index is 4.35. The number of nitrogens with zero attached hydrogens (tertiary/aromatic N) is 5. The molecule has 18 heavy (non-hydrogen) atoms. The fourth-order valence-corrected chi connectivity index (χ4v) is 2.48. The summed E-state index contributed by atoms with van der Waals surface area (Å²) in [6.07, 6.45) is 5.58.